The number of alkyl halides is 3. The van der Waals surface area contributed by atoms with Crippen LogP contribution in [0, 0.1) is 13.8 Å². The lowest BCUT2D eigenvalue weighted by Gasteiger charge is -2.26. The Morgan fingerprint density at radius 1 is 1.37 bits per heavy atom. The first-order chi connectivity index (χ1) is 8.78. The van der Waals surface area contributed by atoms with Crippen molar-refractivity contribution in [2.24, 2.45) is 0 Å². The van der Waals surface area contributed by atoms with Crippen LogP contribution in [-0.2, 0) is 4.79 Å². The highest BCUT2D eigenvalue weighted by molar-refractivity contribution is 5.81. The normalized spacial score (nSPS) is 20.2. The van der Waals surface area contributed by atoms with Crippen LogP contribution in [0.3, 0.4) is 0 Å². The van der Waals surface area contributed by atoms with Crippen LogP contribution in [0.5, 0.6) is 0 Å². The predicted octanol–water partition coefficient (Wildman–Crippen LogP) is 2.30. The van der Waals surface area contributed by atoms with Crippen molar-refractivity contribution in [3.8, 4) is 0 Å². The molecular weight excluding hydrogens is 257 g/mol. The molecule has 1 saturated heterocycles. The third-order valence-electron chi connectivity index (χ3n) is 3.15. The molecule has 1 fully saturated rings. The van der Waals surface area contributed by atoms with Gasteiger partial charge in [-0.3, -0.25) is 10.1 Å². The number of hydrogen-bond acceptors (Lipinski definition) is 2. The van der Waals surface area contributed by atoms with Gasteiger partial charge in [0, 0.05) is 0 Å². The van der Waals surface area contributed by atoms with E-state index in [4.69, 9.17) is 0 Å². The molecule has 1 unspecified atom stereocenters. The van der Waals surface area contributed by atoms with Gasteiger partial charge < -0.3 is 4.90 Å². The van der Waals surface area contributed by atoms with E-state index >= 15 is 0 Å². The minimum atomic E-state index is -4.39. The lowest BCUT2D eigenvalue weighted by atomic mass is 10.0. The van der Waals surface area contributed by atoms with Crippen molar-refractivity contribution < 1.29 is 18.0 Å². The fourth-order valence-corrected chi connectivity index (χ4v) is 2.32. The number of rotatable bonds is 2. The molecule has 1 amide bonds. The first-order valence-electron chi connectivity index (χ1n) is 5.95. The highest BCUT2D eigenvalue weighted by Crippen LogP contribution is 2.29. The summed E-state index contributed by atoms with van der Waals surface area (Å²) < 4.78 is 37.5. The van der Waals surface area contributed by atoms with E-state index in [-0.39, 0.29) is 6.54 Å². The Balaban J connectivity index is 2.29. The Hall–Kier alpha value is -1.56. The van der Waals surface area contributed by atoms with Crippen LogP contribution in [0.4, 0.5) is 13.2 Å². The smallest absolute Gasteiger partial charge is 0.313 e. The number of nitrogens with zero attached hydrogens (tertiary/aromatic N) is 1. The molecule has 0 radical (unpaired) electrons. The number of amides is 1. The van der Waals surface area contributed by atoms with Crippen LogP contribution in [-0.4, -0.2) is 30.1 Å². The largest absolute Gasteiger partial charge is 0.406 e. The Kier molecular flexibility index (Phi) is 3.54. The molecule has 0 aromatic heterocycles. The van der Waals surface area contributed by atoms with Gasteiger partial charge in [0.2, 0.25) is 5.91 Å². The molecule has 0 spiro atoms. The maximum atomic E-state index is 12.5. The van der Waals surface area contributed by atoms with E-state index in [0.29, 0.717) is 5.56 Å². The van der Waals surface area contributed by atoms with Crippen molar-refractivity contribution in [1.82, 2.24) is 10.2 Å². The third-order valence-corrected chi connectivity index (χ3v) is 3.15. The van der Waals surface area contributed by atoms with Crippen LogP contribution >= 0.6 is 0 Å². The second-order valence-electron chi connectivity index (χ2n) is 4.78. The van der Waals surface area contributed by atoms with Crippen molar-refractivity contribution >= 4 is 5.91 Å². The van der Waals surface area contributed by atoms with Gasteiger partial charge in [0.1, 0.15) is 12.7 Å². The van der Waals surface area contributed by atoms with Crippen molar-refractivity contribution in [1.29, 1.82) is 0 Å². The van der Waals surface area contributed by atoms with Gasteiger partial charge in [-0.15, -0.1) is 0 Å². The zero-order valence-electron chi connectivity index (χ0n) is 10.7. The van der Waals surface area contributed by atoms with E-state index < -0.39 is 24.8 Å². The first-order valence-corrected chi connectivity index (χ1v) is 5.95. The van der Waals surface area contributed by atoms with E-state index in [1.165, 1.54) is 0 Å². The molecule has 1 aliphatic heterocycles. The molecule has 2 rings (SSSR count). The molecule has 0 aliphatic carbocycles. The van der Waals surface area contributed by atoms with E-state index in [1.54, 1.807) is 6.07 Å². The van der Waals surface area contributed by atoms with Gasteiger partial charge in [-0.25, -0.2) is 0 Å². The maximum absolute atomic E-state index is 12.5. The number of halogens is 3. The summed E-state index contributed by atoms with van der Waals surface area (Å²) in [5.41, 5.74) is 2.62. The van der Waals surface area contributed by atoms with Crippen LogP contribution in [0.2, 0.25) is 0 Å². The van der Waals surface area contributed by atoms with Crippen LogP contribution in [0.15, 0.2) is 18.2 Å². The van der Waals surface area contributed by atoms with E-state index in [1.807, 2.05) is 26.0 Å². The standard InChI is InChI=1S/C13H15F3N2O/c1-8-3-4-10(9(2)5-8)12-17-6-11(19)18(12)7-13(14,15)16/h3-5,12,17H,6-7H2,1-2H3. The molecule has 1 atom stereocenters. The lowest BCUT2D eigenvalue weighted by Crippen LogP contribution is -2.38. The minimum absolute atomic E-state index is 0.0614. The molecule has 1 aromatic rings. The van der Waals surface area contributed by atoms with Gasteiger partial charge in [0.05, 0.1) is 6.54 Å². The number of benzene rings is 1. The van der Waals surface area contributed by atoms with Crippen LogP contribution < -0.4 is 5.32 Å². The maximum Gasteiger partial charge on any atom is 0.406 e. The second-order valence-corrected chi connectivity index (χ2v) is 4.78. The third kappa shape index (κ3) is 3.07. The SMILES string of the molecule is Cc1ccc(C2NCC(=O)N2CC(F)(F)F)c(C)c1. The van der Waals surface area contributed by atoms with E-state index in [0.717, 1.165) is 16.0 Å². The van der Waals surface area contributed by atoms with Gasteiger partial charge in [-0.05, 0) is 25.0 Å². The minimum Gasteiger partial charge on any atom is -0.313 e. The number of carbonyl (C=O) groups is 1. The molecular formula is C13H15F3N2O. The molecule has 3 nitrogen and oxygen atoms in total. The molecule has 0 saturated carbocycles. The summed E-state index contributed by atoms with van der Waals surface area (Å²) >= 11 is 0. The zero-order chi connectivity index (χ0) is 14.2. The Morgan fingerprint density at radius 2 is 2.05 bits per heavy atom. The molecule has 104 valence electrons. The number of nitrogens with one attached hydrogen (secondary N) is 1. The summed E-state index contributed by atoms with van der Waals surface area (Å²) in [6.45, 7) is 2.46. The van der Waals surface area contributed by atoms with Crippen LogP contribution in [0.1, 0.15) is 22.9 Å². The number of carbonyl (C=O) groups excluding carboxylic acids is 1. The fraction of sp³-hybridized carbons (Fsp3) is 0.462. The molecule has 19 heavy (non-hydrogen) atoms. The molecule has 1 aliphatic rings. The molecule has 1 heterocycles. The number of aryl methyl sites for hydroxylation is 2. The molecule has 6 heteroatoms. The van der Waals surface area contributed by atoms with Crippen molar-refractivity contribution in [3.05, 3.63) is 34.9 Å². The quantitative estimate of drug-likeness (QED) is 0.896. The molecule has 1 aromatic carbocycles. The summed E-state index contributed by atoms with van der Waals surface area (Å²) in [6.07, 6.45) is -5.09. The zero-order valence-corrected chi connectivity index (χ0v) is 10.7. The van der Waals surface area contributed by atoms with Gasteiger partial charge in [0.15, 0.2) is 0 Å². The van der Waals surface area contributed by atoms with Crippen molar-refractivity contribution in [2.45, 2.75) is 26.2 Å². The van der Waals surface area contributed by atoms with Gasteiger partial charge in [-0.1, -0.05) is 23.8 Å². The van der Waals surface area contributed by atoms with Gasteiger partial charge in [-0.2, -0.15) is 13.2 Å². The summed E-state index contributed by atoms with van der Waals surface area (Å²) in [5.74, 6) is -0.526. The van der Waals surface area contributed by atoms with Gasteiger partial charge in [0.25, 0.3) is 0 Å². The van der Waals surface area contributed by atoms with Gasteiger partial charge >= 0.3 is 6.18 Å². The fourth-order valence-electron chi connectivity index (χ4n) is 2.32. The second kappa shape index (κ2) is 4.85. The molecule has 0 bridgehead atoms. The Bertz CT molecular complexity index is 499. The Labute approximate surface area is 109 Å². The van der Waals surface area contributed by atoms with E-state index in [2.05, 4.69) is 5.32 Å². The summed E-state index contributed by atoms with van der Waals surface area (Å²) in [5, 5.41) is 2.83. The average Bonchev–Trinajstić information content (AvgIpc) is 2.59. The number of hydrogen-bond donors (Lipinski definition) is 1. The van der Waals surface area contributed by atoms with Crippen molar-refractivity contribution in [2.75, 3.05) is 13.1 Å². The monoisotopic (exact) mass is 272 g/mol. The first kappa shape index (κ1) is 13.9. The highest BCUT2D eigenvalue weighted by Gasteiger charge is 2.40. The summed E-state index contributed by atoms with van der Waals surface area (Å²) in [6, 6.07) is 5.49. The lowest BCUT2D eigenvalue weighted by molar-refractivity contribution is -0.161. The highest BCUT2D eigenvalue weighted by atomic mass is 19.4. The van der Waals surface area contributed by atoms with Crippen molar-refractivity contribution in [3.63, 3.8) is 0 Å². The topological polar surface area (TPSA) is 32.3 Å². The average molecular weight is 272 g/mol. The summed E-state index contributed by atoms with van der Waals surface area (Å²) in [7, 11) is 0. The predicted molar refractivity (Wildman–Crippen MR) is 64.4 cm³/mol. The van der Waals surface area contributed by atoms with E-state index in [9.17, 15) is 18.0 Å². The summed E-state index contributed by atoms with van der Waals surface area (Å²) in [4.78, 5) is 12.4. The van der Waals surface area contributed by atoms with Crippen LogP contribution in [0.25, 0.3) is 0 Å². The molecule has 1 N–H and O–H groups in total. The Morgan fingerprint density at radius 3 is 2.63 bits per heavy atom.